The number of aryl methyl sites for hydroxylation is 1. The lowest BCUT2D eigenvalue weighted by Crippen LogP contribution is -2.39. The third-order valence-electron chi connectivity index (χ3n) is 5.93. The van der Waals surface area contributed by atoms with E-state index in [9.17, 15) is 4.79 Å². The Kier molecular flexibility index (Phi) is 6.35. The molecule has 1 aliphatic heterocycles. The van der Waals surface area contributed by atoms with Gasteiger partial charge in [-0.2, -0.15) is 0 Å². The van der Waals surface area contributed by atoms with Crippen molar-refractivity contribution in [1.82, 2.24) is 19.9 Å². The predicted octanol–water partition coefficient (Wildman–Crippen LogP) is 4.29. The zero-order valence-corrected chi connectivity index (χ0v) is 19.1. The molecule has 1 amide bonds. The number of piperidine rings is 1. The summed E-state index contributed by atoms with van der Waals surface area (Å²) in [6, 6.07) is 9.24. The normalized spacial score (nSPS) is 16.0. The van der Waals surface area contributed by atoms with Crippen molar-refractivity contribution in [3.63, 3.8) is 0 Å². The van der Waals surface area contributed by atoms with Gasteiger partial charge in [0.05, 0.1) is 24.4 Å². The van der Waals surface area contributed by atoms with E-state index in [1.807, 2.05) is 73.5 Å². The van der Waals surface area contributed by atoms with Crippen LogP contribution in [0.15, 0.2) is 48.9 Å². The number of aromatic nitrogens is 3. The minimum Gasteiger partial charge on any atom is -0.496 e. The first-order valence-corrected chi connectivity index (χ1v) is 10.9. The van der Waals surface area contributed by atoms with E-state index in [1.165, 1.54) is 0 Å². The van der Waals surface area contributed by atoms with Crippen molar-refractivity contribution < 1.29 is 9.53 Å². The van der Waals surface area contributed by atoms with Crippen LogP contribution in [0.4, 0.5) is 5.95 Å². The number of amides is 1. The second kappa shape index (κ2) is 9.34. The Labute approximate surface area is 189 Å². The summed E-state index contributed by atoms with van der Waals surface area (Å²) in [4.78, 5) is 31.3. The van der Waals surface area contributed by atoms with Crippen LogP contribution in [-0.2, 0) is 0 Å². The molecule has 4 rings (SSSR count). The van der Waals surface area contributed by atoms with Gasteiger partial charge in [0.1, 0.15) is 5.75 Å². The summed E-state index contributed by atoms with van der Waals surface area (Å²) < 4.78 is 5.47. The van der Waals surface area contributed by atoms with Crippen LogP contribution in [0, 0.1) is 6.92 Å². The van der Waals surface area contributed by atoms with Crippen molar-refractivity contribution in [1.29, 1.82) is 0 Å². The van der Waals surface area contributed by atoms with Crippen molar-refractivity contribution in [3.05, 3.63) is 65.7 Å². The lowest BCUT2D eigenvalue weighted by atomic mass is 9.92. The van der Waals surface area contributed by atoms with E-state index < -0.39 is 0 Å². The molecule has 7 nitrogen and oxygen atoms in total. The minimum atomic E-state index is -0.148. The standard InChI is InChI=1S/C25H29N5O2/c1-17-15-26-13-12-18(17)20-16-27-25(29(2)3)28-23(20)21-10-7-8-14-30(21)24(31)19-9-5-6-11-22(19)32-4/h5-6,9,11-13,15-16,21H,7-8,10,14H2,1-4H3/t21-/m0/s1. The van der Waals surface area contributed by atoms with Gasteiger partial charge in [-0.1, -0.05) is 12.1 Å². The number of carbonyl (C=O) groups excluding carboxylic acids is 1. The van der Waals surface area contributed by atoms with Crippen LogP contribution < -0.4 is 9.64 Å². The Morgan fingerprint density at radius 3 is 2.69 bits per heavy atom. The van der Waals surface area contributed by atoms with Crippen LogP contribution in [0.2, 0.25) is 0 Å². The molecule has 3 aromatic rings. The maximum atomic E-state index is 13.7. The van der Waals surface area contributed by atoms with Gasteiger partial charge in [0.2, 0.25) is 5.95 Å². The molecule has 0 spiro atoms. The molecular formula is C25H29N5O2. The van der Waals surface area contributed by atoms with E-state index >= 15 is 0 Å². The highest BCUT2D eigenvalue weighted by Gasteiger charge is 2.33. The third kappa shape index (κ3) is 4.15. The molecule has 1 aliphatic rings. The van der Waals surface area contributed by atoms with Crippen LogP contribution in [0.3, 0.4) is 0 Å². The number of hydrogen-bond donors (Lipinski definition) is 0. The van der Waals surface area contributed by atoms with E-state index in [1.54, 1.807) is 13.3 Å². The lowest BCUT2D eigenvalue weighted by Gasteiger charge is -2.37. The fourth-order valence-electron chi connectivity index (χ4n) is 4.27. The number of carbonyl (C=O) groups is 1. The number of rotatable bonds is 5. The number of methoxy groups -OCH3 is 1. The molecule has 1 saturated heterocycles. The molecule has 0 unspecified atom stereocenters. The zero-order chi connectivity index (χ0) is 22.7. The van der Waals surface area contributed by atoms with E-state index in [0.717, 1.165) is 41.6 Å². The molecule has 0 N–H and O–H groups in total. The third-order valence-corrected chi connectivity index (χ3v) is 5.93. The summed E-state index contributed by atoms with van der Waals surface area (Å²) >= 11 is 0. The summed E-state index contributed by atoms with van der Waals surface area (Å²) in [5.41, 5.74) is 4.48. The molecule has 1 atom stereocenters. The van der Waals surface area contributed by atoms with Gasteiger partial charge in [-0.15, -0.1) is 0 Å². The van der Waals surface area contributed by atoms with E-state index in [4.69, 9.17) is 9.72 Å². The van der Waals surface area contributed by atoms with Crippen LogP contribution in [0.25, 0.3) is 11.1 Å². The molecule has 32 heavy (non-hydrogen) atoms. The topological polar surface area (TPSA) is 71.5 Å². The van der Waals surface area contributed by atoms with E-state index in [2.05, 4.69) is 9.97 Å². The molecule has 1 fully saturated rings. The molecule has 2 aromatic heterocycles. The Hall–Kier alpha value is -3.48. The first kappa shape index (κ1) is 21.7. The summed E-state index contributed by atoms with van der Waals surface area (Å²) in [5.74, 6) is 1.18. The minimum absolute atomic E-state index is 0.0328. The van der Waals surface area contributed by atoms with Gasteiger partial charge >= 0.3 is 0 Å². The van der Waals surface area contributed by atoms with Crippen LogP contribution >= 0.6 is 0 Å². The van der Waals surface area contributed by atoms with Crippen LogP contribution in [0.1, 0.15) is 46.9 Å². The number of pyridine rings is 1. The Bertz CT molecular complexity index is 1110. The molecule has 0 bridgehead atoms. The van der Waals surface area contributed by atoms with Gasteiger partial charge in [0.15, 0.2) is 0 Å². The van der Waals surface area contributed by atoms with Crippen molar-refractivity contribution in [3.8, 4) is 16.9 Å². The van der Waals surface area contributed by atoms with Gasteiger partial charge in [-0.3, -0.25) is 9.78 Å². The number of ether oxygens (including phenoxy) is 1. The number of anilines is 1. The molecule has 3 heterocycles. The van der Waals surface area contributed by atoms with Gasteiger partial charge in [0, 0.05) is 44.8 Å². The highest BCUT2D eigenvalue weighted by Crippen LogP contribution is 2.38. The van der Waals surface area contributed by atoms with Crippen molar-refractivity contribution in [2.24, 2.45) is 0 Å². The van der Waals surface area contributed by atoms with Gasteiger partial charge in [0.25, 0.3) is 5.91 Å². The highest BCUT2D eigenvalue weighted by molar-refractivity contribution is 5.97. The summed E-state index contributed by atoms with van der Waals surface area (Å²) in [6.45, 7) is 2.71. The average Bonchev–Trinajstić information content (AvgIpc) is 2.83. The maximum absolute atomic E-state index is 13.7. The molecule has 0 aliphatic carbocycles. The largest absolute Gasteiger partial charge is 0.496 e. The molecule has 7 heteroatoms. The van der Waals surface area contributed by atoms with Crippen molar-refractivity contribution >= 4 is 11.9 Å². The number of benzene rings is 1. The van der Waals surface area contributed by atoms with E-state index in [-0.39, 0.29) is 11.9 Å². The molecule has 0 saturated carbocycles. The average molecular weight is 432 g/mol. The molecule has 166 valence electrons. The smallest absolute Gasteiger partial charge is 0.258 e. The molecular weight excluding hydrogens is 402 g/mol. The summed E-state index contributed by atoms with van der Waals surface area (Å²) in [5, 5.41) is 0. The monoisotopic (exact) mass is 431 g/mol. The fourth-order valence-corrected chi connectivity index (χ4v) is 4.27. The number of likely N-dealkylation sites (tertiary alicyclic amines) is 1. The Morgan fingerprint density at radius 2 is 1.94 bits per heavy atom. The number of hydrogen-bond acceptors (Lipinski definition) is 6. The van der Waals surface area contributed by atoms with Crippen LogP contribution in [-0.4, -0.2) is 53.5 Å². The maximum Gasteiger partial charge on any atom is 0.258 e. The van der Waals surface area contributed by atoms with Crippen LogP contribution in [0.5, 0.6) is 5.75 Å². The van der Waals surface area contributed by atoms with E-state index in [0.29, 0.717) is 23.8 Å². The number of nitrogens with zero attached hydrogens (tertiary/aromatic N) is 5. The molecule has 1 aromatic carbocycles. The Balaban J connectivity index is 1.83. The molecule has 0 radical (unpaired) electrons. The van der Waals surface area contributed by atoms with Gasteiger partial charge < -0.3 is 14.5 Å². The fraction of sp³-hybridized carbons (Fsp3) is 0.360. The summed E-state index contributed by atoms with van der Waals surface area (Å²) in [6.07, 6.45) is 8.35. The summed E-state index contributed by atoms with van der Waals surface area (Å²) in [7, 11) is 5.45. The predicted molar refractivity (Wildman–Crippen MR) is 125 cm³/mol. The number of para-hydroxylation sites is 1. The Morgan fingerprint density at radius 1 is 1.12 bits per heavy atom. The first-order valence-electron chi connectivity index (χ1n) is 10.9. The van der Waals surface area contributed by atoms with Gasteiger partial charge in [-0.25, -0.2) is 9.97 Å². The SMILES string of the molecule is COc1ccccc1C(=O)N1CCCC[C@H]1c1nc(N(C)C)ncc1-c1ccncc1C. The van der Waals surface area contributed by atoms with Gasteiger partial charge in [-0.05, 0) is 55.5 Å². The van der Waals surface area contributed by atoms with Crippen molar-refractivity contribution in [2.75, 3.05) is 32.6 Å². The first-order chi connectivity index (χ1) is 15.5. The zero-order valence-electron chi connectivity index (χ0n) is 19.1. The highest BCUT2D eigenvalue weighted by atomic mass is 16.5. The second-order valence-corrected chi connectivity index (χ2v) is 8.26. The lowest BCUT2D eigenvalue weighted by molar-refractivity contribution is 0.0603. The van der Waals surface area contributed by atoms with Crippen molar-refractivity contribution in [2.45, 2.75) is 32.2 Å². The second-order valence-electron chi connectivity index (χ2n) is 8.26. The quantitative estimate of drug-likeness (QED) is 0.600.